The van der Waals surface area contributed by atoms with Crippen molar-refractivity contribution in [3.8, 4) is 11.5 Å². The molecule has 4 rings (SSSR count). The molecule has 3 heterocycles. The van der Waals surface area contributed by atoms with Crippen LogP contribution in [0.4, 0.5) is 0 Å². The van der Waals surface area contributed by atoms with Crippen LogP contribution in [0, 0.1) is 0 Å². The number of ether oxygens (including phenoxy) is 1. The Balaban J connectivity index is 1.51. The van der Waals surface area contributed by atoms with Crippen LogP contribution in [0.1, 0.15) is 15.9 Å². The molecule has 1 saturated heterocycles. The van der Waals surface area contributed by atoms with E-state index in [0.717, 1.165) is 24.6 Å². The largest absolute Gasteiger partial charge is 0.535 e. The number of hydrogen-bond donors (Lipinski definition) is 3. The first kappa shape index (κ1) is 15.1. The number of carboxylic acid groups (broad SMARTS) is 1. The number of fused-ring (bicyclic) bond motifs is 1. The fraction of sp³-hybridized carbons (Fsp3) is 0.467. The number of carboxylic acids is 1. The zero-order chi connectivity index (χ0) is 16.7. The van der Waals surface area contributed by atoms with Gasteiger partial charge in [-0.25, -0.2) is 4.79 Å². The van der Waals surface area contributed by atoms with Crippen LogP contribution in [0.15, 0.2) is 17.1 Å². The Bertz CT molecular complexity index is 705. The minimum absolute atomic E-state index is 0.0129. The molecule has 9 heteroatoms. The Hall–Kier alpha value is -2.42. The van der Waals surface area contributed by atoms with Crippen molar-refractivity contribution in [3.63, 3.8) is 0 Å². The lowest BCUT2D eigenvalue weighted by atomic mass is 9.78. The normalized spacial score (nSPS) is 19.8. The maximum absolute atomic E-state index is 11.7. The molecule has 1 fully saturated rings. The highest BCUT2D eigenvalue weighted by molar-refractivity contribution is 6.44. The zero-order valence-corrected chi connectivity index (χ0v) is 13.1. The van der Waals surface area contributed by atoms with E-state index in [1.807, 2.05) is 6.07 Å². The third-order valence-corrected chi connectivity index (χ3v) is 4.43. The SMILES string of the molecule is O=C(O)c1c(OC2CN(C3=NCCN3)C2)ccc2c1OB(O)CC2. The summed E-state index contributed by atoms with van der Waals surface area (Å²) in [6.07, 6.45) is 0.943. The average Bonchev–Trinajstić information content (AvgIpc) is 3.03. The summed E-state index contributed by atoms with van der Waals surface area (Å²) in [6.45, 7) is 2.95. The van der Waals surface area contributed by atoms with Crippen molar-refractivity contribution in [2.45, 2.75) is 18.8 Å². The van der Waals surface area contributed by atoms with Gasteiger partial charge in [-0.15, -0.1) is 0 Å². The third kappa shape index (κ3) is 2.64. The smallest absolute Gasteiger partial charge is 0.522 e. The fourth-order valence-corrected chi connectivity index (χ4v) is 3.18. The molecule has 0 saturated carbocycles. The lowest BCUT2D eigenvalue weighted by Gasteiger charge is -2.40. The number of rotatable bonds is 3. The highest BCUT2D eigenvalue weighted by Crippen LogP contribution is 2.37. The van der Waals surface area contributed by atoms with Gasteiger partial charge in [0, 0.05) is 6.54 Å². The van der Waals surface area contributed by atoms with Gasteiger partial charge in [0.15, 0.2) is 5.96 Å². The predicted octanol–water partition coefficient (Wildman–Crippen LogP) is -0.178. The average molecular weight is 331 g/mol. The van der Waals surface area contributed by atoms with E-state index in [4.69, 9.17) is 9.39 Å². The van der Waals surface area contributed by atoms with Crippen LogP contribution in [0.3, 0.4) is 0 Å². The standard InChI is InChI=1S/C15H18BN3O5/c20-14(21)12-11(2-1-9-3-4-16(22)24-13(9)12)23-10-7-19(8-10)15-17-5-6-18-15/h1-2,10,22H,3-8H2,(H,17,18)(H,20,21). The predicted molar refractivity (Wildman–Crippen MR) is 86.8 cm³/mol. The summed E-state index contributed by atoms with van der Waals surface area (Å²) in [6, 6.07) is 3.49. The molecule has 3 N–H and O–H groups in total. The first-order chi connectivity index (χ1) is 11.6. The van der Waals surface area contributed by atoms with E-state index in [1.165, 1.54) is 0 Å². The molecule has 1 aromatic rings. The van der Waals surface area contributed by atoms with Crippen molar-refractivity contribution >= 4 is 19.0 Å². The highest BCUT2D eigenvalue weighted by Gasteiger charge is 2.35. The Morgan fingerprint density at radius 3 is 3.00 bits per heavy atom. The Morgan fingerprint density at radius 1 is 1.46 bits per heavy atom. The molecular formula is C15H18BN3O5. The van der Waals surface area contributed by atoms with Gasteiger partial charge >= 0.3 is 13.1 Å². The summed E-state index contributed by atoms with van der Waals surface area (Å²) in [7, 11) is -0.975. The summed E-state index contributed by atoms with van der Waals surface area (Å²) in [4.78, 5) is 18.1. The van der Waals surface area contributed by atoms with Gasteiger partial charge < -0.3 is 29.7 Å². The molecule has 3 aliphatic heterocycles. The molecule has 3 aliphatic rings. The number of aliphatic imine (C=N–C) groups is 1. The van der Waals surface area contributed by atoms with E-state index < -0.39 is 13.1 Å². The van der Waals surface area contributed by atoms with E-state index in [1.54, 1.807) is 6.07 Å². The Kier molecular flexibility index (Phi) is 3.72. The molecule has 0 aliphatic carbocycles. The van der Waals surface area contributed by atoms with Crippen molar-refractivity contribution in [3.05, 3.63) is 23.3 Å². The van der Waals surface area contributed by atoms with Gasteiger partial charge in [0.1, 0.15) is 23.2 Å². The van der Waals surface area contributed by atoms with E-state index >= 15 is 0 Å². The van der Waals surface area contributed by atoms with E-state index in [2.05, 4.69) is 15.2 Å². The first-order valence-corrected chi connectivity index (χ1v) is 8.05. The van der Waals surface area contributed by atoms with Gasteiger partial charge in [-0.2, -0.15) is 0 Å². The van der Waals surface area contributed by atoms with Gasteiger partial charge in [0.25, 0.3) is 0 Å². The van der Waals surface area contributed by atoms with Gasteiger partial charge in [0.2, 0.25) is 0 Å². The summed E-state index contributed by atoms with van der Waals surface area (Å²) in [5.74, 6) is 0.261. The molecule has 0 atom stereocenters. The van der Waals surface area contributed by atoms with Gasteiger partial charge in [-0.3, -0.25) is 4.99 Å². The summed E-state index contributed by atoms with van der Waals surface area (Å²) in [5, 5.41) is 22.4. The van der Waals surface area contributed by atoms with Crippen molar-refractivity contribution in [1.82, 2.24) is 10.2 Å². The lowest BCUT2D eigenvalue weighted by Crippen LogP contribution is -2.58. The molecule has 126 valence electrons. The second-order valence-corrected chi connectivity index (χ2v) is 6.12. The van der Waals surface area contributed by atoms with Crippen molar-refractivity contribution in [1.29, 1.82) is 0 Å². The molecule has 24 heavy (non-hydrogen) atoms. The van der Waals surface area contributed by atoms with E-state index in [0.29, 0.717) is 25.8 Å². The number of nitrogens with one attached hydrogen (secondary N) is 1. The Morgan fingerprint density at radius 2 is 2.29 bits per heavy atom. The maximum atomic E-state index is 11.7. The number of aryl methyl sites for hydroxylation is 1. The van der Waals surface area contributed by atoms with Crippen LogP contribution < -0.4 is 14.7 Å². The third-order valence-electron chi connectivity index (χ3n) is 4.43. The fourth-order valence-electron chi connectivity index (χ4n) is 3.18. The van der Waals surface area contributed by atoms with Crippen LogP contribution >= 0.6 is 0 Å². The molecule has 0 spiro atoms. The number of nitrogens with zero attached hydrogens (tertiary/aromatic N) is 2. The van der Waals surface area contributed by atoms with Crippen LogP contribution in [0.5, 0.6) is 11.5 Å². The van der Waals surface area contributed by atoms with Crippen molar-refractivity contribution < 1.29 is 24.3 Å². The van der Waals surface area contributed by atoms with Crippen LogP contribution in [-0.2, 0) is 6.42 Å². The molecule has 0 unspecified atom stereocenters. The molecular weight excluding hydrogens is 313 g/mol. The lowest BCUT2D eigenvalue weighted by molar-refractivity contribution is 0.0588. The number of guanidine groups is 1. The monoisotopic (exact) mass is 331 g/mol. The number of benzene rings is 1. The van der Waals surface area contributed by atoms with Crippen molar-refractivity contribution in [2.75, 3.05) is 26.2 Å². The summed E-state index contributed by atoms with van der Waals surface area (Å²) in [5.41, 5.74) is 0.769. The second kappa shape index (κ2) is 5.90. The summed E-state index contributed by atoms with van der Waals surface area (Å²) < 4.78 is 11.2. The van der Waals surface area contributed by atoms with Gasteiger partial charge in [-0.05, 0) is 24.4 Å². The zero-order valence-electron chi connectivity index (χ0n) is 13.1. The van der Waals surface area contributed by atoms with E-state index in [-0.39, 0.29) is 23.2 Å². The van der Waals surface area contributed by atoms with Crippen LogP contribution in [-0.4, -0.2) is 66.4 Å². The molecule has 0 aromatic heterocycles. The number of aromatic carboxylic acids is 1. The minimum Gasteiger partial charge on any atom is -0.535 e. The van der Waals surface area contributed by atoms with Gasteiger partial charge in [0.05, 0.1) is 19.6 Å². The molecule has 0 amide bonds. The topological polar surface area (TPSA) is 104 Å². The quantitative estimate of drug-likeness (QED) is 0.660. The number of hydrogen-bond acceptors (Lipinski definition) is 7. The van der Waals surface area contributed by atoms with Gasteiger partial charge in [-0.1, -0.05) is 6.07 Å². The Labute approximate surface area is 139 Å². The molecule has 8 nitrogen and oxygen atoms in total. The first-order valence-electron chi connectivity index (χ1n) is 8.05. The number of likely N-dealkylation sites (tertiary alicyclic amines) is 1. The minimum atomic E-state index is -1.12. The molecule has 0 radical (unpaired) electrons. The van der Waals surface area contributed by atoms with Crippen LogP contribution in [0.25, 0.3) is 0 Å². The maximum Gasteiger partial charge on any atom is 0.522 e. The number of carbonyl (C=O) groups is 1. The van der Waals surface area contributed by atoms with Crippen LogP contribution in [0.2, 0.25) is 6.32 Å². The van der Waals surface area contributed by atoms with Crippen molar-refractivity contribution in [2.24, 2.45) is 4.99 Å². The molecule has 0 bridgehead atoms. The molecule has 1 aromatic carbocycles. The van der Waals surface area contributed by atoms with E-state index in [9.17, 15) is 14.9 Å². The summed E-state index contributed by atoms with van der Waals surface area (Å²) >= 11 is 0. The highest BCUT2D eigenvalue weighted by atomic mass is 16.5. The second-order valence-electron chi connectivity index (χ2n) is 6.12.